The Morgan fingerprint density at radius 1 is 1.50 bits per heavy atom. The van der Waals surface area contributed by atoms with Crippen molar-refractivity contribution in [3.8, 4) is 0 Å². The van der Waals surface area contributed by atoms with E-state index in [9.17, 15) is 5.11 Å². The molecule has 2 atom stereocenters. The molecule has 0 amide bonds. The van der Waals surface area contributed by atoms with Gasteiger partial charge in [-0.25, -0.2) is 0 Å². The van der Waals surface area contributed by atoms with Gasteiger partial charge in [-0.1, -0.05) is 13.8 Å². The first kappa shape index (κ1) is 12.0. The molecule has 1 unspecified atom stereocenters. The van der Waals surface area contributed by atoms with Gasteiger partial charge >= 0.3 is 0 Å². The number of aliphatic hydroxyl groups is 2. The van der Waals surface area contributed by atoms with E-state index in [2.05, 4.69) is 4.90 Å². The Kier molecular flexibility index (Phi) is 3.93. The van der Waals surface area contributed by atoms with E-state index in [1.807, 2.05) is 20.8 Å². The maximum Gasteiger partial charge on any atom is 0.0768 e. The van der Waals surface area contributed by atoms with Crippen LogP contribution in [0.3, 0.4) is 0 Å². The number of hydrogen-bond acceptors (Lipinski definition) is 3. The van der Waals surface area contributed by atoms with Gasteiger partial charge in [0.1, 0.15) is 0 Å². The fraction of sp³-hybridized carbons (Fsp3) is 1.00. The van der Waals surface area contributed by atoms with Crippen LogP contribution in [0.1, 0.15) is 33.6 Å². The molecule has 2 N–H and O–H groups in total. The van der Waals surface area contributed by atoms with E-state index >= 15 is 0 Å². The average molecular weight is 201 g/mol. The van der Waals surface area contributed by atoms with Crippen LogP contribution in [0.25, 0.3) is 0 Å². The highest BCUT2D eigenvalue weighted by Gasteiger charge is 2.32. The molecule has 0 radical (unpaired) electrons. The molecule has 1 heterocycles. The predicted molar refractivity (Wildman–Crippen MR) is 57.1 cm³/mol. The van der Waals surface area contributed by atoms with Crippen molar-refractivity contribution in [3.05, 3.63) is 0 Å². The summed E-state index contributed by atoms with van der Waals surface area (Å²) in [6, 6.07) is 0.264. The summed E-state index contributed by atoms with van der Waals surface area (Å²) in [5.74, 6) is 0.252. The number of likely N-dealkylation sites (tertiary alicyclic amines) is 1. The molecular formula is C11H23NO2. The third kappa shape index (κ3) is 2.69. The number of hydrogen-bond donors (Lipinski definition) is 2. The van der Waals surface area contributed by atoms with E-state index < -0.39 is 5.60 Å². The van der Waals surface area contributed by atoms with Gasteiger partial charge in [0.2, 0.25) is 0 Å². The maximum atomic E-state index is 10.1. The van der Waals surface area contributed by atoms with Crippen LogP contribution < -0.4 is 0 Å². The first-order valence-corrected chi connectivity index (χ1v) is 5.54. The molecule has 0 aromatic heterocycles. The second kappa shape index (κ2) is 4.60. The lowest BCUT2D eigenvalue weighted by molar-refractivity contribution is -0.0262. The van der Waals surface area contributed by atoms with Crippen LogP contribution in [0.2, 0.25) is 0 Å². The average Bonchev–Trinajstić information content (AvgIpc) is 2.50. The topological polar surface area (TPSA) is 43.7 Å². The SMILES string of the molecule is CC(C)C(C)(O)CN1CCC[C@@H]1CO. The highest BCUT2D eigenvalue weighted by Crippen LogP contribution is 2.23. The second-order valence-electron chi connectivity index (χ2n) is 4.96. The maximum absolute atomic E-state index is 10.1. The summed E-state index contributed by atoms with van der Waals surface area (Å²) < 4.78 is 0. The Labute approximate surface area is 86.7 Å². The summed E-state index contributed by atoms with van der Waals surface area (Å²) >= 11 is 0. The molecule has 0 bridgehead atoms. The van der Waals surface area contributed by atoms with Gasteiger partial charge in [0, 0.05) is 12.6 Å². The third-order valence-corrected chi connectivity index (χ3v) is 3.48. The molecule has 3 nitrogen and oxygen atoms in total. The normalized spacial score (nSPS) is 28.3. The van der Waals surface area contributed by atoms with E-state index in [0.29, 0.717) is 6.54 Å². The lowest BCUT2D eigenvalue weighted by Crippen LogP contribution is -2.47. The summed E-state index contributed by atoms with van der Waals surface area (Å²) in [4.78, 5) is 2.21. The summed E-state index contributed by atoms with van der Waals surface area (Å²) in [6.45, 7) is 7.84. The van der Waals surface area contributed by atoms with Crippen LogP contribution in [0.15, 0.2) is 0 Å². The van der Waals surface area contributed by atoms with E-state index in [1.165, 1.54) is 0 Å². The molecule has 0 aromatic rings. The summed E-state index contributed by atoms with van der Waals surface area (Å²) in [5.41, 5.74) is -0.641. The molecule has 0 aromatic carbocycles. The molecule has 0 aliphatic carbocycles. The predicted octanol–water partition coefficient (Wildman–Crippen LogP) is 0.850. The fourth-order valence-electron chi connectivity index (χ4n) is 1.90. The Morgan fingerprint density at radius 2 is 2.14 bits per heavy atom. The molecule has 1 aliphatic heterocycles. The minimum Gasteiger partial charge on any atom is -0.395 e. The zero-order chi connectivity index (χ0) is 10.8. The lowest BCUT2D eigenvalue weighted by atomic mass is 9.92. The highest BCUT2D eigenvalue weighted by atomic mass is 16.3. The van der Waals surface area contributed by atoms with Crippen molar-refractivity contribution in [1.29, 1.82) is 0 Å². The molecule has 0 saturated carbocycles. The van der Waals surface area contributed by atoms with Crippen molar-refractivity contribution in [1.82, 2.24) is 4.90 Å². The van der Waals surface area contributed by atoms with Crippen LogP contribution >= 0.6 is 0 Å². The third-order valence-electron chi connectivity index (χ3n) is 3.48. The Balaban J connectivity index is 2.50. The minimum atomic E-state index is -0.641. The van der Waals surface area contributed by atoms with Crippen LogP contribution in [0.4, 0.5) is 0 Å². The van der Waals surface area contributed by atoms with Crippen LogP contribution in [0.5, 0.6) is 0 Å². The van der Waals surface area contributed by atoms with Crippen LogP contribution in [-0.4, -0.2) is 46.5 Å². The molecular weight excluding hydrogens is 178 g/mol. The van der Waals surface area contributed by atoms with Crippen molar-refractivity contribution in [2.45, 2.75) is 45.3 Å². The van der Waals surface area contributed by atoms with Crippen molar-refractivity contribution in [2.75, 3.05) is 19.7 Å². The van der Waals surface area contributed by atoms with Gasteiger partial charge in [0.05, 0.1) is 12.2 Å². The molecule has 1 aliphatic rings. The van der Waals surface area contributed by atoms with Gasteiger partial charge in [-0.15, -0.1) is 0 Å². The van der Waals surface area contributed by atoms with Crippen molar-refractivity contribution >= 4 is 0 Å². The molecule has 84 valence electrons. The van der Waals surface area contributed by atoms with Crippen molar-refractivity contribution < 1.29 is 10.2 Å². The standard InChI is InChI=1S/C11H23NO2/c1-9(2)11(3,14)8-12-6-4-5-10(12)7-13/h9-10,13-14H,4-8H2,1-3H3/t10-,11?/m1/s1. The quantitative estimate of drug-likeness (QED) is 0.708. The second-order valence-corrected chi connectivity index (χ2v) is 4.96. The van der Waals surface area contributed by atoms with E-state index in [4.69, 9.17) is 5.11 Å². The van der Waals surface area contributed by atoms with Gasteiger partial charge in [0.15, 0.2) is 0 Å². The van der Waals surface area contributed by atoms with E-state index in [1.54, 1.807) is 0 Å². The summed E-state index contributed by atoms with van der Waals surface area (Å²) in [6.07, 6.45) is 2.20. The molecule has 3 heteroatoms. The van der Waals surface area contributed by atoms with Crippen molar-refractivity contribution in [2.24, 2.45) is 5.92 Å². The zero-order valence-electron chi connectivity index (χ0n) is 9.53. The fourth-order valence-corrected chi connectivity index (χ4v) is 1.90. The monoisotopic (exact) mass is 201 g/mol. The van der Waals surface area contributed by atoms with Gasteiger partial charge in [-0.05, 0) is 32.2 Å². The van der Waals surface area contributed by atoms with Crippen LogP contribution in [0, 0.1) is 5.92 Å². The molecule has 14 heavy (non-hydrogen) atoms. The highest BCUT2D eigenvalue weighted by molar-refractivity contribution is 4.86. The summed E-state index contributed by atoms with van der Waals surface area (Å²) in [5, 5.41) is 19.3. The Bertz CT molecular complexity index is 180. The van der Waals surface area contributed by atoms with Gasteiger partial charge in [0.25, 0.3) is 0 Å². The minimum absolute atomic E-state index is 0.216. The molecule has 1 saturated heterocycles. The molecule has 1 fully saturated rings. The van der Waals surface area contributed by atoms with E-state index in [-0.39, 0.29) is 18.6 Å². The number of β-amino-alcohol motifs (C(OH)–C–C–N with tert-alkyl or cyclic N) is 1. The van der Waals surface area contributed by atoms with E-state index in [0.717, 1.165) is 19.4 Å². The van der Waals surface area contributed by atoms with Crippen molar-refractivity contribution in [3.63, 3.8) is 0 Å². The van der Waals surface area contributed by atoms with Gasteiger partial charge in [-0.2, -0.15) is 0 Å². The first-order valence-electron chi connectivity index (χ1n) is 5.54. The van der Waals surface area contributed by atoms with Gasteiger partial charge in [-0.3, -0.25) is 4.90 Å². The largest absolute Gasteiger partial charge is 0.395 e. The Hall–Kier alpha value is -0.120. The lowest BCUT2D eigenvalue weighted by Gasteiger charge is -2.34. The van der Waals surface area contributed by atoms with Crippen LogP contribution in [-0.2, 0) is 0 Å². The molecule has 1 rings (SSSR count). The first-order chi connectivity index (χ1) is 6.47. The number of nitrogens with zero attached hydrogens (tertiary/aromatic N) is 1. The molecule has 0 spiro atoms. The van der Waals surface area contributed by atoms with Gasteiger partial charge < -0.3 is 10.2 Å². The summed E-state index contributed by atoms with van der Waals surface area (Å²) in [7, 11) is 0. The number of aliphatic hydroxyl groups excluding tert-OH is 1. The Morgan fingerprint density at radius 3 is 2.64 bits per heavy atom. The smallest absolute Gasteiger partial charge is 0.0768 e. The zero-order valence-corrected chi connectivity index (χ0v) is 9.53. The number of rotatable bonds is 4.